The smallest absolute Gasteiger partial charge is 0.254 e. The van der Waals surface area contributed by atoms with Gasteiger partial charge in [0.05, 0.1) is 24.1 Å². The number of carbonyl (C=O) groups excluding carboxylic acids is 1. The van der Waals surface area contributed by atoms with Gasteiger partial charge in [0.25, 0.3) is 5.91 Å². The van der Waals surface area contributed by atoms with E-state index < -0.39 is 0 Å². The summed E-state index contributed by atoms with van der Waals surface area (Å²) in [6.45, 7) is 2.93. The molecule has 0 spiro atoms. The van der Waals surface area contributed by atoms with Gasteiger partial charge in [-0.1, -0.05) is 12.1 Å². The molecule has 0 saturated heterocycles. The van der Waals surface area contributed by atoms with Gasteiger partial charge in [-0.15, -0.1) is 16.4 Å². The van der Waals surface area contributed by atoms with Gasteiger partial charge in [-0.25, -0.2) is 4.68 Å². The molecule has 0 N–H and O–H groups in total. The van der Waals surface area contributed by atoms with Crippen LogP contribution in [-0.2, 0) is 6.42 Å². The fourth-order valence-corrected chi connectivity index (χ4v) is 4.28. The molecule has 4 rings (SSSR count). The SMILES string of the molecule is CCC1c2ccsc2CCN1C(=O)c1ccc(-n2ccnn2)cc1. The van der Waals surface area contributed by atoms with E-state index in [1.54, 1.807) is 28.4 Å². The first-order chi connectivity index (χ1) is 11.8. The molecule has 0 saturated carbocycles. The van der Waals surface area contributed by atoms with Crippen LogP contribution in [0.2, 0.25) is 0 Å². The Morgan fingerprint density at radius 1 is 1.29 bits per heavy atom. The summed E-state index contributed by atoms with van der Waals surface area (Å²) in [5, 5.41) is 9.91. The van der Waals surface area contributed by atoms with E-state index in [2.05, 4.69) is 28.7 Å². The number of hydrogen-bond acceptors (Lipinski definition) is 4. The van der Waals surface area contributed by atoms with E-state index in [1.165, 1.54) is 10.4 Å². The minimum absolute atomic E-state index is 0.101. The number of hydrogen-bond donors (Lipinski definition) is 0. The molecule has 1 amide bonds. The average molecular weight is 338 g/mol. The molecule has 1 unspecified atom stereocenters. The molecule has 2 aromatic heterocycles. The summed E-state index contributed by atoms with van der Waals surface area (Å²) in [6, 6.07) is 9.90. The minimum Gasteiger partial charge on any atom is -0.331 e. The zero-order chi connectivity index (χ0) is 16.5. The van der Waals surface area contributed by atoms with Gasteiger partial charge in [0.2, 0.25) is 0 Å². The monoisotopic (exact) mass is 338 g/mol. The molecule has 1 atom stereocenters. The van der Waals surface area contributed by atoms with Crippen molar-refractivity contribution in [2.24, 2.45) is 0 Å². The summed E-state index contributed by atoms with van der Waals surface area (Å²) in [6.07, 6.45) is 5.31. The van der Waals surface area contributed by atoms with Gasteiger partial charge in [-0.3, -0.25) is 4.79 Å². The zero-order valence-electron chi connectivity index (χ0n) is 13.4. The number of aromatic nitrogens is 3. The average Bonchev–Trinajstić information content (AvgIpc) is 3.31. The number of thiophene rings is 1. The fourth-order valence-electron chi connectivity index (χ4n) is 3.35. The predicted molar refractivity (Wildman–Crippen MR) is 93.5 cm³/mol. The zero-order valence-corrected chi connectivity index (χ0v) is 14.2. The van der Waals surface area contributed by atoms with Crippen LogP contribution < -0.4 is 0 Å². The molecular formula is C18H18N4OS. The normalized spacial score (nSPS) is 16.9. The lowest BCUT2D eigenvalue weighted by atomic mass is 9.97. The van der Waals surface area contributed by atoms with Crippen molar-refractivity contribution in [3.05, 3.63) is 64.1 Å². The van der Waals surface area contributed by atoms with Crippen LogP contribution in [-0.4, -0.2) is 32.3 Å². The third-order valence-corrected chi connectivity index (χ3v) is 5.54. The van der Waals surface area contributed by atoms with Crippen LogP contribution in [0.1, 0.15) is 40.2 Å². The Balaban J connectivity index is 1.59. The first kappa shape index (κ1) is 15.1. The second-order valence-corrected chi connectivity index (χ2v) is 6.87. The van der Waals surface area contributed by atoms with Crippen LogP contribution in [0, 0.1) is 0 Å². The highest BCUT2D eigenvalue weighted by atomic mass is 32.1. The van der Waals surface area contributed by atoms with Crippen LogP contribution in [0.25, 0.3) is 5.69 Å². The molecule has 5 nitrogen and oxygen atoms in total. The highest BCUT2D eigenvalue weighted by Crippen LogP contribution is 2.36. The first-order valence-electron chi connectivity index (χ1n) is 8.12. The topological polar surface area (TPSA) is 51.0 Å². The van der Waals surface area contributed by atoms with Gasteiger partial charge in [0.15, 0.2) is 0 Å². The minimum atomic E-state index is 0.101. The van der Waals surface area contributed by atoms with Crippen LogP contribution in [0.15, 0.2) is 48.1 Å². The van der Waals surface area contributed by atoms with E-state index in [-0.39, 0.29) is 11.9 Å². The number of carbonyl (C=O) groups is 1. The molecule has 3 heterocycles. The van der Waals surface area contributed by atoms with Crippen molar-refractivity contribution < 1.29 is 4.79 Å². The van der Waals surface area contributed by atoms with E-state index in [9.17, 15) is 4.79 Å². The summed E-state index contributed by atoms with van der Waals surface area (Å²) in [7, 11) is 0. The fraction of sp³-hybridized carbons (Fsp3) is 0.278. The van der Waals surface area contributed by atoms with E-state index in [1.807, 2.05) is 29.2 Å². The predicted octanol–water partition coefficient (Wildman–Crippen LogP) is 3.48. The summed E-state index contributed by atoms with van der Waals surface area (Å²) in [5.74, 6) is 0.101. The van der Waals surface area contributed by atoms with Gasteiger partial charge in [0.1, 0.15) is 0 Å². The van der Waals surface area contributed by atoms with Crippen LogP contribution >= 0.6 is 11.3 Å². The Morgan fingerprint density at radius 2 is 2.12 bits per heavy atom. The van der Waals surface area contributed by atoms with Crippen molar-refractivity contribution >= 4 is 17.2 Å². The number of rotatable bonds is 3. The van der Waals surface area contributed by atoms with Gasteiger partial charge in [-0.05, 0) is 54.1 Å². The van der Waals surface area contributed by atoms with E-state index >= 15 is 0 Å². The molecule has 1 aliphatic rings. The second kappa shape index (κ2) is 6.20. The summed E-state index contributed by atoms with van der Waals surface area (Å²) in [4.78, 5) is 16.4. The molecule has 6 heteroatoms. The largest absolute Gasteiger partial charge is 0.331 e. The lowest BCUT2D eigenvalue weighted by Gasteiger charge is -2.35. The number of fused-ring (bicyclic) bond motifs is 1. The summed E-state index contributed by atoms with van der Waals surface area (Å²) >= 11 is 1.80. The Hall–Kier alpha value is -2.47. The van der Waals surface area contributed by atoms with Crippen molar-refractivity contribution in [2.75, 3.05) is 6.54 Å². The Labute approximate surface area is 144 Å². The molecule has 3 aromatic rings. The Morgan fingerprint density at radius 3 is 2.83 bits per heavy atom. The van der Waals surface area contributed by atoms with Crippen LogP contribution in [0.5, 0.6) is 0 Å². The number of amides is 1. The molecule has 0 bridgehead atoms. The van der Waals surface area contributed by atoms with Crippen molar-refractivity contribution in [3.8, 4) is 5.69 Å². The number of benzene rings is 1. The standard InChI is InChI=1S/C18H18N4OS/c1-2-16-15-8-12-24-17(15)7-10-21(16)18(23)13-3-5-14(6-4-13)22-11-9-19-20-22/h3-6,8-9,11-12,16H,2,7,10H2,1H3. The van der Waals surface area contributed by atoms with Gasteiger partial charge >= 0.3 is 0 Å². The van der Waals surface area contributed by atoms with E-state index in [0.29, 0.717) is 0 Å². The molecule has 0 fully saturated rings. The maximum atomic E-state index is 13.0. The second-order valence-electron chi connectivity index (χ2n) is 5.87. The van der Waals surface area contributed by atoms with E-state index in [0.717, 1.165) is 30.6 Å². The number of nitrogens with zero attached hydrogens (tertiary/aromatic N) is 4. The van der Waals surface area contributed by atoms with Crippen molar-refractivity contribution in [1.29, 1.82) is 0 Å². The van der Waals surface area contributed by atoms with Crippen LogP contribution in [0.3, 0.4) is 0 Å². The van der Waals surface area contributed by atoms with Crippen molar-refractivity contribution in [2.45, 2.75) is 25.8 Å². The van der Waals surface area contributed by atoms with Gasteiger partial charge in [-0.2, -0.15) is 0 Å². The Kier molecular flexibility index (Phi) is 3.90. The highest BCUT2D eigenvalue weighted by Gasteiger charge is 2.30. The molecule has 0 radical (unpaired) electrons. The molecule has 0 aliphatic carbocycles. The third-order valence-electron chi connectivity index (χ3n) is 4.54. The van der Waals surface area contributed by atoms with Crippen molar-refractivity contribution in [1.82, 2.24) is 19.9 Å². The van der Waals surface area contributed by atoms with Crippen LogP contribution in [0.4, 0.5) is 0 Å². The van der Waals surface area contributed by atoms with Crippen molar-refractivity contribution in [3.63, 3.8) is 0 Å². The van der Waals surface area contributed by atoms with Gasteiger partial charge in [0, 0.05) is 17.0 Å². The molecular weight excluding hydrogens is 320 g/mol. The quantitative estimate of drug-likeness (QED) is 0.735. The molecule has 1 aliphatic heterocycles. The lowest BCUT2D eigenvalue weighted by Crippen LogP contribution is -2.39. The summed E-state index contributed by atoms with van der Waals surface area (Å²) < 4.78 is 1.68. The first-order valence-corrected chi connectivity index (χ1v) is 9.00. The van der Waals surface area contributed by atoms with E-state index in [4.69, 9.17) is 0 Å². The maximum Gasteiger partial charge on any atom is 0.254 e. The lowest BCUT2D eigenvalue weighted by molar-refractivity contribution is 0.0657. The maximum absolute atomic E-state index is 13.0. The summed E-state index contributed by atoms with van der Waals surface area (Å²) in [5.41, 5.74) is 2.94. The third kappa shape index (κ3) is 2.53. The molecule has 122 valence electrons. The highest BCUT2D eigenvalue weighted by molar-refractivity contribution is 7.10. The molecule has 1 aromatic carbocycles. The Bertz CT molecular complexity index is 838. The molecule has 24 heavy (non-hydrogen) atoms. The van der Waals surface area contributed by atoms with Gasteiger partial charge < -0.3 is 4.90 Å².